The summed E-state index contributed by atoms with van der Waals surface area (Å²) in [5.41, 5.74) is 0.220. The number of carbonyl (C=O) groups is 1. The van der Waals surface area contributed by atoms with Crippen LogP contribution in [0, 0.1) is 0 Å². The molecule has 0 saturated heterocycles. The Bertz CT molecular complexity index is 493. The molecule has 0 aliphatic rings. The van der Waals surface area contributed by atoms with Crippen molar-refractivity contribution >= 4 is 5.78 Å². The molecule has 0 amide bonds. The maximum absolute atomic E-state index is 12.7. The lowest BCUT2D eigenvalue weighted by Crippen LogP contribution is -2.25. The van der Waals surface area contributed by atoms with E-state index in [9.17, 15) is 18.0 Å². The van der Waals surface area contributed by atoms with Crippen LogP contribution in [0.25, 0.3) is 0 Å². The summed E-state index contributed by atoms with van der Waals surface area (Å²) in [7, 11) is 0. The summed E-state index contributed by atoms with van der Waals surface area (Å²) >= 11 is 0. The molecule has 0 bridgehead atoms. The van der Waals surface area contributed by atoms with Crippen LogP contribution in [0.3, 0.4) is 0 Å². The monoisotopic (exact) mass is 306 g/mol. The van der Waals surface area contributed by atoms with Gasteiger partial charge in [-0.3, -0.25) is 9.48 Å². The Morgan fingerprint density at radius 3 is 2.33 bits per heavy atom. The molecule has 0 aliphatic carbocycles. The van der Waals surface area contributed by atoms with Crippen molar-refractivity contribution in [1.82, 2.24) is 9.78 Å². The van der Waals surface area contributed by atoms with E-state index in [1.54, 1.807) is 13.8 Å². The van der Waals surface area contributed by atoms with Crippen LogP contribution in [0.15, 0.2) is 0 Å². The first-order chi connectivity index (χ1) is 9.72. The summed E-state index contributed by atoms with van der Waals surface area (Å²) in [5.74, 6) is -1.81. The number of aryl methyl sites for hydroxylation is 1. The van der Waals surface area contributed by atoms with Crippen molar-refractivity contribution in [3.63, 3.8) is 0 Å². The third kappa shape index (κ3) is 4.30. The van der Waals surface area contributed by atoms with Crippen LogP contribution >= 0.6 is 0 Å². The standard InChI is InChI=1S/C14H21F3N2O2/c1-5-10-12(13(20)14(15,16)17)11(6-2)19(18-10)7-8-21-9(3)4/h9H,5-8H2,1-4H3. The Kier molecular flexibility index (Phi) is 5.95. The predicted octanol–water partition coefficient (Wildman–Crippen LogP) is 3.18. The lowest BCUT2D eigenvalue weighted by atomic mass is 10.0. The topological polar surface area (TPSA) is 44.1 Å². The molecule has 0 saturated carbocycles. The van der Waals surface area contributed by atoms with Gasteiger partial charge in [-0.25, -0.2) is 0 Å². The molecule has 1 heterocycles. The van der Waals surface area contributed by atoms with Gasteiger partial charge in [0.05, 0.1) is 30.5 Å². The van der Waals surface area contributed by atoms with Crippen molar-refractivity contribution in [2.75, 3.05) is 6.61 Å². The minimum absolute atomic E-state index is 0.0348. The fourth-order valence-corrected chi connectivity index (χ4v) is 2.12. The average Bonchev–Trinajstić information content (AvgIpc) is 2.73. The summed E-state index contributed by atoms with van der Waals surface area (Å²) in [6, 6.07) is 0. The van der Waals surface area contributed by atoms with Gasteiger partial charge in [-0.05, 0) is 26.7 Å². The highest BCUT2D eigenvalue weighted by Gasteiger charge is 2.42. The number of halogens is 3. The van der Waals surface area contributed by atoms with Crippen LogP contribution in [0.2, 0.25) is 0 Å². The number of ketones is 1. The van der Waals surface area contributed by atoms with Crippen LogP contribution in [-0.2, 0) is 24.1 Å². The number of hydrogen-bond acceptors (Lipinski definition) is 3. The smallest absolute Gasteiger partial charge is 0.377 e. The summed E-state index contributed by atoms with van der Waals surface area (Å²) in [6.07, 6.45) is -4.25. The predicted molar refractivity (Wildman–Crippen MR) is 72.5 cm³/mol. The zero-order chi connectivity index (χ0) is 16.2. The minimum Gasteiger partial charge on any atom is -0.377 e. The van der Waals surface area contributed by atoms with E-state index >= 15 is 0 Å². The molecule has 0 atom stereocenters. The van der Waals surface area contributed by atoms with Crippen LogP contribution in [0.4, 0.5) is 13.2 Å². The third-order valence-corrected chi connectivity index (χ3v) is 3.04. The number of aromatic nitrogens is 2. The molecule has 1 aromatic rings. The highest BCUT2D eigenvalue weighted by molar-refractivity contribution is 6.02. The van der Waals surface area contributed by atoms with E-state index < -0.39 is 12.0 Å². The molecule has 0 N–H and O–H groups in total. The van der Waals surface area contributed by atoms with Gasteiger partial charge in [0.1, 0.15) is 0 Å². The Balaban J connectivity index is 3.12. The Hall–Kier alpha value is -1.37. The molecule has 0 radical (unpaired) electrons. The SMILES string of the molecule is CCc1nn(CCOC(C)C)c(CC)c1C(=O)C(F)(F)F. The Labute approximate surface area is 122 Å². The highest BCUT2D eigenvalue weighted by Crippen LogP contribution is 2.27. The van der Waals surface area contributed by atoms with Gasteiger partial charge >= 0.3 is 6.18 Å². The van der Waals surface area contributed by atoms with Gasteiger partial charge in [0.15, 0.2) is 0 Å². The largest absolute Gasteiger partial charge is 0.455 e. The molecule has 0 aliphatic heterocycles. The zero-order valence-electron chi connectivity index (χ0n) is 12.8. The molecule has 4 nitrogen and oxygen atoms in total. The third-order valence-electron chi connectivity index (χ3n) is 3.04. The van der Waals surface area contributed by atoms with E-state index in [2.05, 4.69) is 5.10 Å². The maximum Gasteiger partial charge on any atom is 0.455 e. The minimum atomic E-state index is -4.88. The molecular weight excluding hydrogens is 285 g/mol. The van der Waals surface area contributed by atoms with E-state index in [0.29, 0.717) is 25.3 Å². The molecule has 120 valence electrons. The van der Waals surface area contributed by atoms with Crippen LogP contribution in [-0.4, -0.2) is 34.5 Å². The second kappa shape index (κ2) is 7.06. The summed E-state index contributed by atoms with van der Waals surface area (Å²) in [6.45, 7) is 7.82. The van der Waals surface area contributed by atoms with E-state index in [4.69, 9.17) is 4.74 Å². The van der Waals surface area contributed by atoms with Crippen molar-refractivity contribution in [3.05, 3.63) is 17.0 Å². The van der Waals surface area contributed by atoms with E-state index in [1.165, 1.54) is 4.68 Å². The zero-order valence-corrected chi connectivity index (χ0v) is 12.8. The molecule has 21 heavy (non-hydrogen) atoms. The van der Waals surface area contributed by atoms with Gasteiger partial charge < -0.3 is 4.74 Å². The molecule has 1 rings (SSSR count). The number of rotatable bonds is 7. The van der Waals surface area contributed by atoms with Crippen molar-refractivity contribution < 1.29 is 22.7 Å². The molecular formula is C14H21F3N2O2. The van der Waals surface area contributed by atoms with Gasteiger partial charge in [0.2, 0.25) is 0 Å². The van der Waals surface area contributed by atoms with Crippen LogP contribution in [0.1, 0.15) is 49.4 Å². The van der Waals surface area contributed by atoms with Crippen LogP contribution in [0.5, 0.6) is 0 Å². The number of alkyl halides is 3. The van der Waals surface area contributed by atoms with Crippen molar-refractivity contribution in [1.29, 1.82) is 0 Å². The molecule has 7 heteroatoms. The molecule has 0 unspecified atom stereocenters. The maximum atomic E-state index is 12.7. The fourth-order valence-electron chi connectivity index (χ4n) is 2.12. The average molecular weight is 306 g/mol. The Morgan fingerprint density at radius 1 is 1.29 bits per heavy atom. The first kappa shape index (κ1) is 17.7. The molecule has 1 aromatic heterocycles. The Morgan fingerprint density at radius 2 is 1.90 bits per heavy atom. The number of hydrogen-bond donors (Lipinski definition) is 0. The number of nitrogens with zero attached hydrogens (tertiary/aromatic N) is 2. The van der Waals surface area contributed by atoms with Crippen molar-refractivity contribution in [2.24, 2.45) is 0 Å². The van der Waals surface area contributed by atoms with Gasteiger partial charge in [-0.1, -0.05) is 13.8 Å². The highest BCUT2D eigenvalue weighted by atomic mass is 19.4. The number of carbonyl (C=O) groups excluding carboxylic acids is 1. The lowest BCUT2D eigenvalue weighted by molar-refractivity contribution is -0.0886. The van der Waals surface area contributed by atoms with Gasteiger partial charge in [0, 0.05) is 5.69 Å². The second-order valence-corrected chi connectivity index (χ2v) is 4.95. The summed E-state index contributed by atoms with van der Waals surface area (Å²) in [5, 5.41) is 4.15. The molecule has 0 fully saturated rings. The molecule has 0 spiro atoms. The van der Waals surface area contributed by atoms with Crippen molar-refractivity contribution in [3.8, 4) is 0 Å². The summed E-state index contributed by atoms with van der Waals surface area (Å²) < 4.78 is 45.0. The van der Waals surface area contributed by atoms with E-state index in [0.717, 1.165) is 0 Å². The second-order valence-electron chi connectivity index (χ2n) is 4.95. The van der Waals surface area contributed by atoms with Crippen molar-refractivity contribution in [2.45, 2.75) is 59.4 Å². The van der Waals surface area contributed by atoms with Gasteiger partial charge in [0.25, 0.3) is 5.78 Å². The normalized spacial score (nSPS) is 12.2. The fraction of sp³-hybridized carbons (Fsp3) is 0.714. The van der Waals surface area contributed by atoms with Gasteiger partial charge in [-0.15, -0.1) is 0 Å². The first-order valence-corrected chi connectivity index (χ1v) is 7.03. The summed E-state index contributed by atoms with van der Waals surface area (Å²) in [4.78, 5) is 11.6. The van der Waals surface area contributed by atoms with Gasteiger partial charge in [-0.2, -0.15) is 18.3 Å². The quantitative estimate of drug-likeness (QED) is 0.727. The lowest BCUT2D eigenvalue weighted by Gasteiger charge is -2.10. The first-order valence-electron chi connectivity index (χ1n) is 7.03. The van der Waals surface area contributed by atoms with Crippen LogP contribution < -0.4 is 0 Å². The van der Waals surface area contributed by atoms with E-state index in [1.807, 2.05) is 13.8 Å². The number of ether oxygens (including phenoxy) is 1. The number of Topliss-reactive ketones (excluding diaryl/α,β-unsaturated/α-hetero) is 1. The van der Waals surface area contributed by atoms with E-state index in [-0.39, 0.29) is 23.8 Å². The molecule has 0 aromatic carbocycles.